The Bertz CT molecular complexity index is 399. The first-order chi connectivity index (χ1) is 8.83. The van der Waals surface area contributed by atoms with E-state index in [0.717, 1.165) is 44.8 Å². The van der Waals surface area contributed by atoms with Gasteiger partial charge < -0.3 is 10.2 Å². The van der Waals surface area contributed by atoms with Crippen LogP contribution in [0.4, 0.5) is 5.69 Å². The highest BCUT2D eigenvalue weighted by Crippen LogP contribution is 2.16. The highest BCUT2D eigenvalue weighted by atomic mass is 15.3. The topological polar surface area (TPSA) is 42.3 Å². The number of nitrogens with one attached hydrogen (secondary N) is 1. The number of rotatable bonds is 4. The molecular formula is C14H20N4. The molecule has 18 heavy (non-hydrogen) atoms. The molecule has 0 radical (unpaired) electrons. The number of nitriles is 1. The third kappa shape index (κ3) is 3.22. The van der Waals surface area contributed by atoms with Gasteiger partial charge in [0.2, 0.25) is 0 Å². The highest BCUT2D eigenvalue weighted by Gasteiger charge is 2.16. The summed E-state index contributed by atoms with van der Waals surface area (Å²) in [4.78, 5) is 4.87. The lowest BCUT2D eigenvalue weighted by Crippen LogP contribution is -2.48. The van der Waals surface area contributed by atoms with Gasteiger partial charge in [0.25, 0.3) is 0 Å². The average Bonchev–Trinajstić information content (AvgIpc) is 2.46. The average molecular weight is 244 g/mol. The molecule has 1 N–H and O–H groups in total. The molecule has 1 aromatic rings. The maximum Gasteiger partial charge on any atom is 0.0991 e. The number of hydrogen-bond donors (Lipinski definition) is 1. The van der Waals surface area contributed by atoms with Crippen LogP contribution in [-0.2, 0) is 0 Å². The van der Waals surface area contributed by atoms with Crippen molar-refractivity contribution in [3.05, 3.63) is 29.8 Å². The molecule has 1 aliphatic heterocycles. The van der Waals surface area contributed by atoms with E-state index in [-0.39, 0.29) is 0 Å². The molecule has 96 valence electrons. The van der Waals surface area contributed by atoms with Crippen molar-refractivity contribution in [2.24, 2.45) is 0 Å². The maximum atomic E-state index is 8.78. The number of benzene rings is 1. The number of anilines is 1. The van der Waals surface area contributed by atoms with Gasteiger partial charge in [-0.1, -0.05) is 0 Å². The number of hydrogen-bond acceptors (Lipinski definition) is 4. The quantitative estimate of drug-likeness (QED) is 0.854. The number of piperazine rings is 1. The second-order valence-electron chi connectivity index (χ2n) is 4.59. The summed E-state index contributed by atoms with van der Waals surface area (Å²) in [6.45, 7) is 6.53. The van der Waals surface area contributed by atoms with E-state index in [1.807, 2.05) is 31.3 Å². The normalized spacial score (nSPS) is 16.6. The van der Waals surface area contributed by atoms with Crippen molar-refractivity contribution in [3.8, 4) is 6.07 Å². The zero-order valence-corrected chi connectivity index (χ0v) is 10.9. The minimum Gasteiger partial charge on any atom is -0.369 e. The van der Waals surface area contributed by atoms with E-state index in [1.54, 1.807) is 0 Å². The molecule has 4 nitrogen and oxygen atoms in total. The smallest absolute Gasteiger partial charge is 0.0991 e. The monoisotopic (exact) mass is 244 g/mol. The summed E-state index contributed by atoms with van der Waals surface area (Å²) in [6, 6.07) is 10.0. The molecule has 0 saturated carbocycles. The standard InChI is InChI=1S/C14H20N4/c1-16-6-7-17-8-10-18(11-9-17)14-4-2-13(12-15)3-5-14/h2-5,16H,6-11H2,1H3. The fraction of sp³-hybridized carbons (Fsp3) is 0.500. The fourth-order valence-corrected chi connectivity index (χ4v) is 2.25. The van der Waals surface area contributed by atoms with Gasteiger partial charge in [0.1, 0.15) is 0 Å². The second-order valence-corrected chi connectivity index (χ2v) is 4.59. The van der Waals surface area contributed by atoms with E-state index < -0.39 is 0 Å². The van der Waals surface area contributed by atoms with Crippen LogP contribution in [-0.4, -0.2) is 51.2 Å². The lowest BCUT2D eigenvalue weighted by molar-refractivity contribution is 0.260. The number of nitrogens with zero attached hydrogens (tertiary/aromatic N) is 3. The maximum absolute atomic E-state index is 8.78. The van der Waals surface area contributed by atoms with Crippen LogP contribution in [0.15, 0.2) is 24.3 Å². The molecule has 4 heteroatoms. The molecule has 0 amide bonds. The summed E-state index contributed by atoms with van der Waals surface area (Å²) in [5.41, 5.74) is 1.95. The zero-order chi connectivity index (χ0) is 12.8. The van der Waals surface area contributed by atoms with E-state index in [2.05, 4.69) is 21.2 Å². The van der Waals surface area contributed by atoms with Gasteiger partial charge in [-0.15, -0.1) is 0 Å². The van der Waals surface area contributed by atoms with Gasteiger partial charge in [-0.05, 0) is 31.3 Å². The summed E-state index contributed by atoms with van der Waals surface area (Å²) in [5, 5.41) is 12.0. The molecule has 1 saturated heterocycles. The molecule has 0 atom stereocenters. The number of likely N-dealkylation sites (N-methyl/N-ethyl adjacent to an activating group) is 1. The Morgan fingerprint density at radius 1 is 1.17 bits per heavy atom. The second kappa shape index (κ2) is 6.39. The molecule has 1 fully saturated rings. The van der Waals surface area contributed by atoms with Gasteiger partial charge in [-0.2, -0.15) is 5.26 Å². The largest absolute Gasteiger partial charge is 0.369 e. The third-order valence-electron chi connectivity index (χ3n) is 3.41. The van der Waals surface area contributed by atoms with Crippen molar-refractivity contribution < 1.29 is 0 Å². The van der Waals surface area contributed by atoms with Crippen LogP contribution in [0.3, 0.4) is 0 Å². The van der Waals surface area contributed by atoms with Crippen LogP contribution in [0, 0.1) is 11.3 Å². The predicted molar refractivity (Wildman–Crippen MR) is 73.7 cm³/mol. The molecule has 1 aliphatic rings. The first-order valence-electron chi connectivity index (χ1n) is 6.45. The lowest BCUT2D eigenvalue weighted by atomic mass is 10.2. The molecule has 0 aliphatic carbocycles. The molecule has 1 heterocycles. The minimum atomic E-state index is 0.728. The van der Waals surface area contributed by atoms with Gasteiger partial charge >= 0.3 is 0 Å². The fourth-order valence-electron chi connectivity index (χ4n) is 2.25. The first kappa shape index (κ1) is 12.9. The van der Waals surface area contributed by atoms with Gasteiger partial charge in [0.05, 0.1) is 11.6 Å². The van der Waals surface area contributed by atoms with Crippen molar-refractivity contribution in [2.75, 3.05) is 51.2 Å². The van der Waals surface area contributed by atoms with Crippen LogP contribution in [0.25, 0.3) is 0 Å². The van der Waals surface area contributed by atoms with Crippen molar-refractivity contribution in [1.29, 1.82) is 5.26 Å². The third-order valence-corrected chi connectivity index (χ3v) is 3.41. The van der Waals surface area contributed by atoms with E-state index in [4.69, 9.17) is 5.26 Å². The summed E-state index contributed by atoms with van der Waals surface area (Å²) >= 11 is 0. The van der Waals surface area contributed by atoms with E-state index in [1.165, 1.54) is 5.69 Å². The molecule has 2 rings (SSSR count). The van der Waals surface area contributed by atoms with Crippen LogP contribution in [0.2, 0.25) is 0 Å². The SMILES string of the molecule is CNCCN1CCN(c2ccc(C#N)cc2)CC1. The summed E-state index contributed by atoms with van der Waals surface area (Å²) in [6.07, 6.45) is 0. The molecular weight excluding hydrogens is 224 g/mol. The van der Waals surface area contributed by atoms with Crippen LogP contribution in [0.1, 0.15) is 5.56 Å². The van der Waals surface area contributed by atoms with Crippen LogP contribution >= 0.6 is 0 Å². The van der Waals surface area contributed by atoms with Crippen LogP contribution < -0.4 is 10.2 Å². The Balaban J connectivity index is 1.87. The van der Waals surface area contributed by atoms with Gasteiger partial charge in [-0.3, -0.25) is 4.90 Å². The van der Waals surface area contributed by atoms with Crippen molar-refractivity contribution in [3.63, 3.8) is 0 Å². The van der Waals surface area contributed by atoms with Crippen LogP contribution in [0.5, 0.6) is 0 Å². The Hall–Kier alpha value is -1.57. The Kier molecular flexibility index (Phi) is 4.57. The van der Waals surface area contributed by atoms with E-state index >= 15 is 0 Å². The summed E-state index contributed by atoms with van der Waals surface area (Å²) in [5.74, 6) is 0. The van der Waals surface area contributed by atoms with Gasteiger partial charge in [0, 0.05) is 45.0 Å². The summed E-state index contributed by atoms with van der Waals surface area (Å²) in [7, 11) is 1.99. The van der Waals surface area contributed by atoms with E-state index in [0.29, 0.717) is 0 Å². The van der Waals surface area contributed by atoms with Crippen molar-refractivity contribution in [2.45, 2.75) is 0 Å². The van der Waals surface area contributed by atoms with Crippen molar-refractivity contribution in [1.82, 2.24) is 10.2 Å². The van der Waals surface area contributed by atoms with Crippen molar-refractivity contribution >= 4 is 5.69 Å². The molecule has 0 bridgehead atoms. The predicted octanol–water partition coefficient (Wildman–Crippen LogP) is 0.900. The Morgan fingerprint density at radius 2 is 1.83 bits per heavy atom. The molecule has 0 spiro atoms. The molecule has 0 unspecified atom stereocenters. The molecule has 0 aromatic heterocycles. The highest BCUT2D eigenvalue weighted by molar-refractivity contribution is 5.50. The summed E-state index contributed by atoms with van der Waals surface area (Å²) < 4.78 is 0. The van der Waals surface area contributed by atoms with Gasteiger partial charge in [-0.25, -0.2) is 0 Å². The van der Waals surface area contributed by atoms with Gasteiger partial charge in [0.15, 0.2) is 0 Å². The first-order valence-corrected chi connectivity index (χ1v) is 6.45. The zero-order valence-electron chi connectivity index (χ0n) is 10.9. The minimum absolute atomic E-state index is 0.728. The molecule has 1 aromatic carbocycles. The Morgan fingerprint density at radius 3 is 2.39 bits per heavy atom. The lowest BCUT2D eigenvalue weighted by Gasteiger charge is -2.36. The Labute approximate surface area is 109 Å². The van der Waals surface area contributed by atoms with E-state index in [9.17, 15) is 0 Å².